The molecular formula is C18H17NO2. The van der Waals surface area contributed by atoms with E-state index in [2.05, 4.69) is 16.5 Å². The molecule has 0 N–H and O–H groups in total. The Bertz CT molecular complexity index is 816. The summed E-state index contributed by atoms with van der Waals surface area (Å²) in [7, 11) is 0. The molecule has 2 aromatic heterocycles. The summed E-state index contributed by atoms with van der Waals surface area (Å²) in [4.78, 5) is 11.4. The van der Waals surface area contributed by atoms with Crippen molar-refractivity contribution in [3.8, 4) is 17.0 Å². The summed E-state index contributed by atoms with van der Waals surface area (Å²) in [6.45, 7) is 5.45. The van der Waals surface area contributed by atoms with E-state index in [0.29, 0.717) is 5.75 Å². The number of hydrogen-bond donors (Lipinski definition) is 0. The lowest BCUT2D eigenvalue weighted by Gasteiger charge is -2.05. The van der Waals surface area contributed by atoms with Crippen LogP contribution in [-0.2, 0) is 4.79 Å². The van der Waals surface area contributed by atoms with E-state index in [1.54, 1.807) is 0 Å². The van der Waals surface area contributed by atoms with Crippen molar-refractivity contribution in [1.82, 2.24) is 4.40 Å². The maximum atomic E-state index is 11.4. The van der Waals surface area contributed by atoms with E-state index in [1.807, 2.05) is 50.4 Å². The van der Waals surface area contributed by atoms with Crippen molar-refractivity contribution < 1.29 is 9.53 Å². The molecule has 1 aromatic carbocycles. The van der Waals surface area contributed by atoms with E-state index < -0.39 is 0 Å². The summed E-state index contributed by atoms with van der Waals surface area (Å²) in [5, 5.41) is 0. The van der Waals surface area contributed by atoms with Gasteiger partial charge in [0, 0.05) is 18.7 Å². The maximum absolute atomic E-state index is 11.4. The number of carbonyl (C=O) groups is 1. The van der Waals surface area contributed by atoms with Crippen molar-refractivity contribution in [2.24, 2.45) is 0 Å². The molecule has 3 heteroatoms. The molecular weight excluding hydrogens is 262 g/mol. The molecule has 2 heterocycles. The fourth-order valence-electron chi connectivity index (χ4n) is 2.78. The van der Waals surface area contributed by atoms with Crippen LogP contribution < -0.4 is 4.74 Å². The predicted octanol–water partition coefficient (Wildman–Crippen LogP) is 4.15. The van der Waals surface area contributed by atoms with E-state index in [4.69, 9.17) is 4.74 Å². The van der Waals surface area contributed by atoms with Crippen LogP contribution in [0.5, 0.6) is 5.75 Å². The highest BCUT2D eigenvalue weighted by Gasteiger charge is 2.19. The molecule has 0 aliphatic carbocycles. The summed E-state index contributed by atoms with van der Waals surface area (Å²) in [6, 6.07) is 14.2. The van der Waals surface area contributed by atoms with Gasteiger partial charge >= 0.3 is 5.97 Å². The van der Waals surface area contributed by atoms with Crippen molar-refractivity contribution >= 4 is 11.5 Å². The van der Waals surface area contributed by atoms with Gasteiger partial charge in [-0.05, 0) is 31.0 Å². The molecule has 0 saturated heterocycles. The van der Waals surface area contributed by atoms with Gasteiger partial charge in [-0.25, -0.2) is 0 Å². The number of benzene rings is 1. The Hall–Kier alpha value is -2.55. The summed E-state index contributed by atoms with van der Waals surface area (Å²) in [5.74, 6) is 0.355. The normalized spacial score (nSPS) is 10.8. The molecule has 0 amide bonds. The summed E-state index contributed by atoms with van der Waals surface area (Å²) < 4.78 is 7.58. The van der Waals surface area contributed by atoms with Gasteiger partial charge in [0.1, 0.15) is 0 Å². The maximum Gasteiger partial charge on any atom is 0.308 e. The van der Waals surface area contributed by atoms with Gasteiger partial charge in [0.25, 0.3) is 0 Å². The SMILES string of the molecule is CC(=O)Oc1c(C)c(-c2ccccc2)n2cccc(C)c12. The Morgan fingerprint density at radius 3 is 2.43 bits per heavy atom. The number of aromatic nitrogens is 1. The van der Waals surface area contributed by atoms with Crippen LogP contribution in [-0.4, -0.2) is 10.4 Å². The first-order chi connectivity index (χ1) is 10.1. The van der Waals surface area contributed by atoms with E-state index in [-0.39, 0.29) is 5.97 Å². The van der Waals surface area contributed by atoms with Crippen LogP contribution in [0.4, 0.5) is 0 Å². The predicted molar refractivity (Wildman–Crippen MR) is 83.6 cm³/mol. The largest absolute Gasteiger partial charge is 0.424 e. The van der Waals surface area contributed by atoms with Crippen LogP contribution in [0.15, 0.2) is 48.7 Å². The number of fused-ring (bicyclic) bond motifs is 1. The zero-order valence-electron chi connectivity index (χ0n) is 12.4. The first-order valence-electron chi connectivity index (χ1n) is 6.93. The van der Waals surface area contributed by atoms with E-state index in [0.717, 1.165) is 27.9 Å². The minimum Gasteiger partial charge on any atom is -0.424 e. The van der Waals surface area contributed by atoms with Crippen molar-refractivity contribution in [3.63, 3.8) is 0 Å². The van der Waals surface area contributed by atoms with Crippen molar-refractivity contribution in [2.75, 3.05) is 0 Å². The van der Waals surface area contributed by atoms with Crippen LogP contribution >= 0.6 is 0 Å². The van der Waals surface area contributed by atoms with E-state index >= 15 is 0 Å². The fourth-order valence-corrected chi connectivity index (χ4v) is 2.78. The topological polar surface area (TPSA) is 30.7 Å². The number of ether oxygens (including phenoxy) is 1. The molecule has 0 atom stereocenters. The summed E-state index contributed by atoms with van der Waals surface area (Å²) >= 11 is 0. The number of nitrogens with zero attached hydrogens (tertiary/aromatic N) is 1. The molecule has 21 heavy (non-hydrogen) atoms. The molecule has 3 nitrogen and oxygen atoms in total. The van der Waals surface area contributed by atoms with Crippen molar-refractivity contribution in [1.29, 1.82) is 0 Å². The van der Waals surface area contributed by atoms with Gasteiger partial charge in [0.05, 0.1) is 11.2 Å². The van der Waals surface area contributed by atoms with Crippen LogP contribution in [0, 0.1) is 13.8 Å². The highest BCUT2D eigenvalue weighted by Crippen LogP contribution is 2.38. The summed E-state index contributed by atoms with van der Waals surface area (Å²) in [6.07, 6.45) is 2.00. The Balaban J connectivity index is 2.38. The van der Waals surface area contributed by atoms with Crippen molar-refractivity contribution in [2.45, 2.75) is 20.8 Å². The molecule has 3 rings (SSSR count). The Morgan fingerprint density at radius 1 is 1.05 bits per heavy atom. The van der Waals surface area contributed by atoms with Gasteiger partial charge in [-0.1, -0.05) is 36.4 Å². The Labute approximate surface area is 123 Å². The molecule has 0 saturated carbocycles. The minimum atomic E-state index is -0.298. The second-order valence-corrected chi connectivity index (χ2v) is 5.17. The first kappa shape index (κ1) is 13.4. The second-order valence-electron chi connectivity index (χ2n) is 5.17. The lowest BCUT2D eigenvalue weighted by atomic mass is 10.1. The second kappa shape index (κ2) is 5.09. The van der Waals surface area contributed by atoms with Gasteiger partial charge in [-0.3, -0.25) is 4.79 Å². The smallest absolute Gasteiger partial charge is 0.308 e. The molecule has 0 unspecified atom stereocenters. The van der Waals surface area contributed by atoms with Crippen molar-refractivity contribution in [3.05, 3.63) is 59.8 Å². The quantitative estimate of drug-likeness (QED) is 0.660. The number of esters is 1. The van der Waals surface area contributed by atoms with Gasteiger partial charge in [-0.2, -0.15) is 0 Å². The fraction of sp³-hybridized carbons (Fsp3) is 0.167. The highest BCUT2D eigenvalue weighted by molar-refractivity contribution is 5.84. The number of aryl methyl sites for hydroxylation is 1. The van der Waals surface area contributed by atoms with Crippen LogP contribution in [0.1, 0.15) is 18.1 Å². The zero-order valence-corrected chi connectivity index (χ0v) is 12.4. The molecule has 0 aliphatic rings. The number of rotatable bonds is 2. The van der Waals surface area contributed by atoms with E-state index in [9.17, 15) is 4.79 Å². The van der Waals surface area contributed by atoms with Gasteiger partial charge in [0.2, 0.25) is 0 Å². The number of pyridine rings is 1. The van der Waals surface area contributed by atoms with Crippen LogP contribution in [0.3, 0.4) is 0 Å². The third-order valence-corrected chi connectivity index (χ3v) is 3.64. The highest BCUT2D eigenvalue weighted by atomic mass is 16.5. The average Bonchev–Trinajstić information content (AvgIpc) is 2.73. The molecule has 106 valence electrons. The Kier molecular flexibility index (Phi) is 3.26. The molecule has 3 aromatic rings. The number of carbonyl (C=O) groups excluding carboxylic acids is 1. The number of hydrogen-bond acceptors (Lipinski definition) is 2. The Morgan fingerprint density at radius 2 is 1.76 bits per heavy atom. The molecule has 0 fully saturated rings. The van der Waals surface area contributed by atoms with Crippen LogP contribution in [0.25, 0.3) is 16.8 Å². The minimum absolute atomic E-state index is 0.298. The molecule has 0 bridgehead atoms. The molecule has 0 spiro atoms. The monoisotopic (exact) mass is 279 g/mol. The third-order valence-electron chi connectivity index (χ3n) is 3.64. The van der Waals surface area contributed by atoms with Gasteiger partial charge < -0.3 is 9.14 Å². The molecule has 0 aliphatic heterocycles. The molecule has 0 radical (unpaired) electrons. The first-order valence-corrected chi connectivity index (χ1v) is 6.93. The lowest BCUT2D eigenvalue weighted by Crippen LogP contribution is -2.02. The van der Waals surface area contributed by atoms with Crippen LogP contribution in [0.2, 0.25) is 0 Å². The van der Waals surface area contributed by atoms with Gasteiger partial charge in [0.15, 0.2) is 5.75 Å². The van der Waals surface area contributed by atoms with E-state index in [1.165, 1.54) is 6.92 Å². The third kappa shape index (κ3) is 2.21. The summed E-state index contributed by atoms with van der Waals surface area (Å²) in [5.41, 5.74) is 5.17. The standard InChI is InChI=1S/C18H17NO2/c1-12-8-7-11-19-16(12)18(21-14(3)20)13(2)17(19)15-9-5-4-6-10-15/h4-11H,1-3H3. The average molecular weight is 279 g/mol. The zero-order chi connectivity index (χ0) is 15.0. The lowest BCUT2D eigenvalue weighted by molar-refractivity contribution is -0.131. The van der Waals surface area contributed by atoms with Gasteiger partial charge in [-0.15, -0.1) is 0 Å².